The van der Waals surface area contributed by atoms with Gasteiger partial charge in [0.1, 0.15) is 5.82 Å². The highest BCUT2D eigenvalue weighted by Gasteiger charge is 2.16. The molecule has 114 valence electrons. The summed E-state index contributed by atoms with van der Waals surface area (Å²) in [4.78, 5) is 0. The molecule has 0 amide bonds. The van der Waals surface area contributed by atoms with Crippen molar-refractivity contribution >= 4 is 5.69 Å². The summed E-state index contributed by atoms with van der Waals surface area (Å²) in [6.07, 6.45) is 3.30. The highest BCUT2D eigenvalue weighted by atomic mass is 19.1. The average Bonchev–Trinajstić information content (AvgIpc) is 2.70. The molecule has 0 saturated heterocycles. The smallest absolute Gasteiger partial charge is 0.123 e. The van der Waals surface area contributed by atoms with Crippen LogP contribution in [0, 0.1) is 19.7 Å². The van der Waals surface area contributed by atoms with Crippen molar-refractivity contribution in [3.8, 4) is 0 Å². The van der Waals surface area contributed by atoms with Crippen LogP contribution in [0.1, 0.15) is 49.2 Å². The zero-order valence-electron chi connectivity index (χ0n) is 13.3. The van der Waals surface area contributed by atoms with Crippen LogP contribution in [-0.4, -0.2) is 9.78 Å². The summed E-state index contributed by atoms with van der Waals surface area (Å²) in [7, 11) is 1.95. The number of anilines is 1. The molecule has 0 bridgehead atoms. The molecule has 2 aromatic rings. The zero-order valence-corrected chi connectivity index (χ0v) is 13.3. The summed E-state index contributed by atoms with van der Waals surface area (Å²) in [6.45, 7) is 6.25. The van der Waals surface area contributed by atoms with Crippen molar-refractivity contribution in [2.24, 2.45) is 7.05 Å². The molecule has 0 radical (unpaired) electrons. The molecule has 1 N–H and O–H groups in total. The van der Waals surface area contributed by atoms with E-state index < -0.39 is 0 Å². The monoisotopic (exact) mass is 289 g/mol. The molecule has 0 aliphatic carbocycles. The molecular weight excluding hydrogens is 265 g/mol. The maximum atomic E-state index is 13.1. The van der Waals surface area contributed by atoms with E-state index in [-0.39, 0.29) is 11.9 Å². The van der Waals surface area contributed by atoms with E-state index in [9.17, 15) is 4.39 Å². The van der Waals surface area contributed by atoms with E-state index in [0.29, 0.717) is 0 Å². The van der Waals surface area contributed by atoms with Gasteiger partial charge in [0.05, 0.1) is 23.1 Å². The maximum Gasteiger partial charge on any atom is 0.123 e. The van der Waals surface area contributed by atoms with Gasteiger partial charge in [0.15, 0.2) is 0 Å². The molecular formula is C17H24FN3. The van der Waals surface area contributed by atoms with Crippen molar-refractivity contribution in [3.63, 3.8) is 0 Å². The maximum absolute atomic E-state index is 13.1. The Balaban J connectivity index is 2.25. The number of nitrogens with one attached hydrogen (secondary N) is 1. The van der Waals surface area contributed by atoms with E-state index in [2.05, 4.69) is 24.3 Å². The predicted molar refractivity (Wildman–Crippen MR) is 85.0 cm³/mol. The Labute approximate surface area is 126 Å². The number of hydrogen-bond acceptors (Lipinski definition) is 2. The first-order chi connectivity index (χ1) is 10.0. The Morgan fingerprint density at radius 2 is 1.90 bits per heavy atom. The summed E-state index contributed by atoms with van der Waals surface area (Å²) in [6, 6.07) is 6.97. The molecule has 4 heteroatoms. The van der Waals surface area contributed by atoms with Crippen LogP contribution in [0.5, 0.6) is 0 Å². The molecule has 0 fully saturated rings. The molecule has 0 aliphatic heterocycles. The molecule has 3 nitrogen and oxygen atoms in total. The highest BCUT2D eigenvalue weighted by molar-refractivity contribution is 5.53. The summed E-state index contributed by atoms with van der Waals surface area (Å²) < 4.78 is 15.0. The Morgan fingerprint density at radius 3 is 2.43 bits per heavy atom. The lowest BCUT2D eigenvalue weighted by atomic mass is 10.0. The van der Waals surface area contributed by atoms with Gasteiger partial charge < -0.3 is 5.32 Å². The fourth-order valence-corrected chi connectivity index (χ4v) is 2.58. The minimum absolute atomic E-state index is 0.187. The van der Waals surface area contributed by atoms with Gasteiger partial charge in [-0.3, -0.25) is 4.68 Å². The third-order valence-electron chi connectivity index (χ3n) is 3.95. The lowest BCUT2D eigenvalue weighted by Gasteiger charge is -2.20. The van der Waals surface area contributed by atoms with Gasteiger partial charge in [-0.1, -0.05) is 31.9 Å². The summed E-state index contributed by atoms with van der Waals surface area (Å²) >= 11 is 0. The molecule has 1 atom stereocenters. The van der Waals surface area contributed by atoms with Crippen LogP contribution in [0.3, 0.4) is 0 Å². The summed E-state index contributed by atoms with van der Waals surface area (Å²) in [5.74, 6) is -0.193. The topological polar surface area (TPSA) is 29.9 Å². The molecule has 1 unspecified atom stereocenters. The number of rotatable bonds is 6. The summed E-state index contributed by atoms with van der Waals surface area (Å²) in [5, 5.41) is 8.05. The Hall–Kier alpha value is -1.84. The van der Waals surface area contributed by atoms with E-state index in [4.69, 9.17) is 0 Å². The van der Waals surface area contributed by atoms with Crippen LogP contribution in [0.4, 0.5) is 10.1 Å². The van der Waals surface area contributed by atoms with Crippen molar-refractivity contribution in [1.29, 1.82) is 0 Å². The van der Waals surface area contributed by atoms with Gasteiger partial charge >= 0.3 is 0 Å². The second-order valence-electron chi connectivity index (χ2n) is 5.56. The minimum atomic E-state index is -0.193. The first kappa shape index (κ1) is 15.5. The molecule has 0 saturated carbocycles. The van der Waals surface area contributed by atoms with E-state index in [1.165, 1.54) is 12.1 Å². The number of hydrogen-bond donors (Lipinski definition) is 1. The Kier molecular flexibility index (Phi) is 4.99. The lowest BCUT2D eigenvalue weighted by Crippen LogP contribution is -2.12. The second-order valence-corrected chi connectivity index (χ2v) is 5.56. The van der Waals surface area contributed by atoms with Gasteiger partial charge in [0.2, 0.25) is 0 Å². The van der Waals surface area contributed by atoms with Crippen LogP contribution < -0.4 is 5.32 Å². The normalized spacial score (nSPS) is 12.4. The van der Waals surface area contributed by atoms with Gasteiger partial charge in [0.25, 0.3) is 0 Å². The van der Waals surface area contributed by atoms with Gasteiger partial charge in [-0.05, 0) is 38.0 Å². The lowest BCUT2D eigenvalue weighted by molar-refractivity contribution is 0.616. The van der Waals surface area contributed by atoms with Gasteiger partial charge in [0, 0.05) is 7.05 Å². The number of aromatic nitrogens is 2. The standard InChI is InChI=1S/C17H24FN3/c1-5-6-7-16(14-8-10-15(18)11-9-14)19-17-12(2)20-21(4)13(17)3/h8-11,16,19H,5-7H2,1-4H3. The number of benzene rings is 1. The quantitative estimate of drug-likeness (QED) is 0.847. The fourth-order valence-electron chi connectivity index (χ4n) is 2.58. The summed E-state index contributed by atoms with van der Waals surface area (Å²) in [5.41, 5.74) is 4.32. The van der Waals surface area contributed by atoms with E-state index in [0.717, 1.165) is 41.9 Å². The Bertz CT molecular complexity index is 587. The number of unbranched alkanes of at least 4 members (excludes halogenated alkanes) is 1. The van der Waals surface area contributed by atoms with Gasteiger partial charge in [-0.15, -0.1) is 0 Å². The predicted octanol–water partition coefficient (Wildman–Crippen LogP) is 4.52. The van der Waals surface area contributed by atoms with Gasteiger partial charge in [-0.2, -0.15) is 5.10 Å². The van der Waals surface area contributed by atoms with E-state index in [1.807, 2.05) is 30.8 Å². The van der Waals surface area contributed by atoms with Crippen LogP contribution in [-0.2, 0) is 7.05 Å². The molecule has 1 heterocycles. The van der Waals surface area contributed by atoms with Crippen molar-refractivity contribution < 1.29 is 4.39 Å². The number of nitrogens with zero attached hydrogens (tertiary/aromatic N) is 2. The molecule has 21 heavy (non-hydrogen) atoms. The van der Waals surface area contributed by atoms with Crippen LogP contribution >= 0.6 is 0 Å². The van der Waals surface area contributed by atoms with Crippen molar-refractivity contribution in [2.75, 3.05) is 5.32 Å². The second kappa shape index (κ2) is 6.74. The van der Waals surface area contributed by atoms with Crippen molar-refractivity contribution in [2.45, 2.75) is 46.1 Å². The third-order valence-corrected chi connectivity index (χ3v) is 3.95. The van der Waals surface area contributed by atoms with Crippen molar-refractivity contribution in [1.82, 2.24) is 9.78 Å². The van der Waals surface area contributed by atoms with Crippen LogP contribution in [0.2, 0.25) is 0 Å². The average molecular weight is 289 g/mol. The number of halogens is 1. The largest absolute Gasteiger partial charge is 0.375 e. The van der Waals surface area contributed by atoms with Gasteiger partial charge in [-0.25, -0.2) is 4.39 Å². The Morgan fingerprint density at radius 1 is 1.24 bits per heavy atom. The molecule has 1 aromatic carbocycles. The minimum Gasteiger partial charge on any atom is -0.375 e. The van der Waals surface area contributed by atoms with Crippen LogP contribution in [0.25, 0.3) is 0 Å². The first-order valence-corrected chi connectivity index (χ1v) is 7.55. The fraction of sp³-hybridized carbons (Fsp3) is 0.471. The highest BCUT2D eigenvalue weighted by Crippen LogP contribution is 2.28. The zero-order chi connectivity index (χ0) is 15.4. The first-order valence-electron chi connectivity index (χ1n) is 7.55. The van der Waals surface area contributed by atoms with Crippen molar-refractivity contribution in [3.05, 3.63) is 47.0 Å². The van der Waals surface area contributed by atoms with E-state index in [1.54, 1.807) is 0 Å². The molecule has 0 spiro atoms. The SMILES string of the molecule is CCCCC(Nc1c(C)nn(C)c1C)c1ccc(F)cc1. The molecule has 2 rings (SSSR count). The number of aryl methyl sites for hydroxylation is 2. The molecule has 0 aliphatic rings. The third kappa shape index (κ3) is 3.63. The van der Waals surface area contributed by atoms with Crippen LogP contribution in [0.15, 0.2) is 24.3 Å². The van der Waals surface area contributed by atoms with E-state index >= 15 is 0 Å². The molecule has 1 aromatic heterocycles.